The van der Waals surface area contributed by atoms with Gasteiger partial charge < -0.3 is 15.0 Å². The van der Waals surface area contributed by atoms with Crippen LogP contribution >= 0.6 is 11.8 Å². The number of aromatic nitrogens is 3. The van der Waals surface area contributed by atoms with Gasteiger partial charge in [-0.2, -0.15) is 0 Å². The fourth-order valence-electron chi connectivity index (χ4n) is 4.28. The summed E-state index contributed by atoms with van der Waals surface area (Å²) >= 11 is 1.22. The van der Waals surface area contributed by atoms with Crippen LogP contribution in [-0.2, 0) is 11.2 Å². The van der Waals surface area contributed by atoms with Gasteiger partial charge in [0.1, 0.15) is 16.8 Å². The van der Waals surface area contributed by atoms with Gasteiger partial charge in [0.05, 0.1) is 18.6 Å². The van der Waals surface area contributed by atoms with E-state index in [2.05, 4.69) is 17.2 Å². The largest absolute Gasteiger partial charge is 0.497 e. The lowest BCUT2D eigenvalue weighted by Crippen LogP contribution is -2.23. The van der Waals surface area contributed by atoms with Crippen LogP contribution in [-0.4, -0.2) is 33.3 Å². The van der Waals surface area contributed by atoms with Crippen molar-refractivity contribution in [3.8, 4) is 11.4 Å². The quantitative estimate of drug-likeness (QED) is 0.188. The third kappa shape index (κ3) is 5.24. The molecule has 0 radical (unpaired) electrons. The van der Waals surface area contributed by atoms with E-state index in [0.29, 0.717) is 27.6 Å². The van der Waals surface area contributed by atoms with E-state index in [9.17, 15) is 9.59 Å². The molecule has 0 fully saturated rings. The van der Waals surface area contributed by atoms with Gasteiger partial charge in [-0.25, -0.2) is 4.98 Å². The number of H-pyrrole nitrogens is 1. The molecule has 0 unspecified atom stereocenters. The lowest BCUT2D eigenvalue weighted by molar-refractivity contribution is -0.113. The minimum absolute atomic E-state index is 0.0991. The minimum Gasteiger partial charge on any atom is -0.497 e. The summed E-state index contributed by atoms with van der Waals surface area (Å²) in [6.45, 7) is 2.17. The van der Waals surface area contributed by atoms with Gasteiger partial charge in [0, 0.05) is 22.7 Å². The van der Waals surface area contributed by atoms with E-state index in [1.807, 2.05) is 66.7 Å². The summed E-state index contributed by atoms with van der Waals surface area (Å²) in [4.78, 5) is 34.6. The Morgan fingerprint density at radius 3 is 2.68 bits per heavy atom. The van der Waals surface area contributed by atoms with Crippen molar-refractivity contribution < 1.29 is 9.53 Å². The monoisotopic (exact) mass is 512 g/mol. The maximum Gasteiger partial charge on any atom is 0.283 e. The molecule has 0 aliphatic heterocycles. The first-order valence-electron chi connectivity index (χ1n) is 12.3. The number of unbranched alkanes of at least 4 members (excludes halogenated alkanes) is 1. The van der Waals surface area contributed by atoms with E-state index in [0.717, 1.165) is 35.9 Å². The second-order valence-corrected chi connectivity index (χ2v) is 9.71. The normalized spacial score (nSPS) is 11.2. The smallest absolute Gasteiger partial charge is 0.283 e. The number of nitrogens with one attached hydrogen (secondary N) is 2. The van der Waals surface area contributed by atoms with Crippen LogP contribution in [0.1, 0.15) is 25.3 Å². The van der Waals surface area contributed by atoms with E-state index in [-0.39, 0.29) is 17.2 Å². The third-order valence-corrected chi connectivity index (χ3v) is 7.13. The average Bonchev–Trinajstić information content (AvgIpc) is 3.30. The summed E-state index contributed by atoms with van der Waals surface area (Å²) in [6, 6.07) is 22.9. The summed E-state index contributed by atoms with van der Waals surface area (Å²) in [7, 11) is 1.58. The number of amides is 1. The molecule has 0 aliphatic carbocycles. The van der Waals surface area contributed by atoms with Crippen LogP contribution in [0.4, 0.5) is 5.69 Å². The Bertz CT molecular complexity index is 1620. The number of methoxy groups -OCH3 is 1. The minimum atomic E-state index is -0.236. The van der Waals surface area contributed by atoms with Crippen molar-refractivity contribution in [2.45, 2.75) is 31.3 Å². The number of ether oxygens (including phenoxy) is 1. The predicted molar refractivity (Wildman–Crippen MR) is 150 cm³/mol. The maximum absolute atomic E-state index is 13.7. The first-order valence-corrected chi connectivity index (χ1v) is 13.3. The van der Waals surface area contributed by atoms with Crippen molar-refractivity contribution in [2.75, 3.05) is 18.2 Å². The highest BCUT2D eigenvalue weighted by Crippen LogP contribution is 2.27. The topological polar surface area (TPSA) is 89.0 Å². The van der Waals surface area contributed by atoms with Gasteiger partial charge in [-0.1, -0.05) is 61.5 Å². The standard InChI is InChI=1S/C29H28N4O3S/c1-3-4-8-19-13-15-20(16-14-19)30-25(34)18-37-29-32-26-23-11-5-6-12-24(23)31-27(26)28(35)33(29)21-9-7-10-22(17-21)36-2/h5-7,9-17,31H,3-4,8,18H2,1-2H3,(H,30,34). The van der Waals surface area contributed by atoms with Crippen molar-refractivity contribution in [1.29, 1.82) is 0 Å². The Morgan fingerprint density at radius 1 is 1.08 bits per heavy atom. The van der Waals surface area contributed by atoms with Gasteiger partial charge in [0.2, 0.25) is 5.91 Å². The number of para-hydroxylation sites is 1. The van der Waals surface area contributed by atoms with Crippen molar-refractivity contribution in [1.82, 2.24) is 14.5 Å². The van der Waals surface area contributed by atoms with Crippen LogP contribution in [0.5, 0.6) is 5.75 Å². The molecule has 5 aromatic rings. The number of thioether (sulfide) groups is 1. The fraction of sp³-hybridized carbons (Fsp3) is 0.207. The second kappa shape index (κ2) is 10.9. The summed E-state index contributed by atoms with van der Waals surface area (Å²) in [5.41, 5.74) is 4.22. The number of benzene rings is 3. The Kier molecular flexibility index (Phi) is 7.28. The fourth-order valence-corrected chi connectivity index (χ4v) is 5.08. The lowest BCUT2D eigenvalue weighted by Gasteiger charge is -2.13. The van der Waals surface area contributed by atoms with E-state index < -0.39 is 0 Å². The Labute approximate surface area is 218 Å². The van der Waals surface area contributed by atoms with Gasteiger partial charge in [0.25, 0.3) is 5.56 Å². The zero-order valence-corrected chi connectivity index (χ0v) is 21.6. The van der Waals surface area contributed by atoms with E-state index in [1.165, 1.54) is 21.9 Å². The summed E-state index contributed by atoms with van der Waals surface area (Å²) in [5, 5.41) is 4.24. The number of carbonyl (C=O) groups is 1. The number of hydrogen-bond acceptors (Lipinski definition) is 5. The van der Waals surface area contributed by atoms with Gasteiger partial charge in [-0.3, -0.25) is 14.2 Å². The van der Waals surface area contributed by atoms with Crippen LogP contribution in [0.15, 0.2) is 82.7 Å². The molecule has 0 atom stereocenters. The second-order valence-electron chi connectivity index (χ2n) is 8.77. The number of anilines is 1. The molecule has 2 aromatic heterocycles. The molecule has 0 saturated heterocycles. The molecule has 5 rings (SSSR count). The molecule has 1 amide bonds. The van der Waals surface area contributed by atoms with Crippen LogP contribution in [0, 0.1) is 0 Å². The highest BCUT2D eigenvalue weighted by molar-refractivity contribution is 7.99. The zero-order valence-electron chi connectivity index (χ0n) is 20.8. The Morgan fingerprint density at radius 2 is 1.89 bits per heavy atom. The van der Waals surface area contributed by atoms with Crippen LogP contribution in [0.25, 0.3) is 27.6 Å². The highest BCUT2D eigenvalue weighted by Gasteiger charge is 2.18. The lowest BCUT2D eigenvalue weighted by atomic mass is 10.1. The van der Waals surface area contributed by atoms with Gasteiger partial charge in [-0.05, 0) is 48.7 Å². The SMILES string of the molecule is CCCCc1ccc(NC(=O)CSc2nc3c([nH]c4ccccc43)c(=O)n2-c2cccc(OC)c2)cc1. The molecule has 188 valence electrons. The Balaban J connectivity index is 1.46. The van der Waals surface area contributed by atoms with E-state index in [1.54, 1.807) is 13.2 Å². The molecule has 0 spiro atoms. The molecule has 0 aliphatic rings. The number of aryl methyl sites for hydroxylation is 1. The van der Waals surface area contributed by atoms with Crippen LogP contribution in [0.2, 0.25) is 0 Å². The van der Waals surface area contributed by atoms with Crippen LogP contribution < -0.4 is 15.6 Å². The van der Waals surface area contributed by atoms with Crippen molar-refractivity contribution >= 4 is 45.3 Å². The van der Waals surface area contributed by atoms with Gasteiger partial charge in [0.15, 0.2) is 5.16 Å². The molecule has 2 N–H and O–H groups in total. The number of fused-ring (bicyclic) bond motifs is 3. The molecule has 8 heteroatoms. The molecule has 0 bridgehead atoms. The molecular weight excluding hydrogens is 484 g/mol. The number of aromatic amines is 1. The van der Waals surface area contributed by atoms with E-state index >= 15 is 0 Å². The molecule has 7 nitrogen and oxygen atoms in total. The van der Waals surface area contributed by atoms with Crippen molar-refractivity contribution in [3.05, 3.63) is 88.7 Å². The maximum atomic E-state index is 13.7. The van der Waals surface area contributed by atoms with Gasteiger partial charge >= 0.3 is 0 Å². The number of nitrogens with zero attached hydrogens (tertiary/aromatic N) is 2. The number of hydrogen-bond donors (Lipinski definition) is 2. The number of carbonyl (C=O) groups excluding carboxylic acids is 1. The molecule has 3 aromatic carbocycles. The highest BCUT2D eigenvalue weighted by atomic mass is 32.2. The molecule has 2 heterocycles. The van der Waals surface area contributed by atoms with Crippen molar-refractivity contribution in [2.24, 2.45) is 0 Å². The van der Waals surface area contributed by atoms with Crippen molar-refractivity contribution in [3.63, 3.8) is 0 Å². The zero-order chi connectivity index (χ0) is 25.8. The summed E-state index contributed by atoms with van der Waals surface area (Å²) in [6.07, 6.45) is 3.32. The molecule has 0 saturated carbocycles. The average molecular weight is 513 g/mol. The predicted octanol–water partition coefficient (Wildman–Crippen LogP) is 5.95. The third-order valence-electron chi connectivity index (χ3n) is 6.19. The number of rotatable bonds is 9. The van der Waals surface area contributed by atoms with Gasteiger partial charge in [-0.15, -0.1) is 0 Å². The summed E-state index contributed by atoms with van der Waals surface area (Å²) < 4.78 is 6.90. The molecule has 37 heavy (non-hydrogen) atoms. The van der Waals surface area contributed by atoms with Crippen LogP contribution in [0.3, 0.4) is 0 Å². The van der Waals surface area contributed by atoms with E-state index in [4.69, 9.17) is 9.72 Å². The summed E-state index contributed by atoms with van der Waals surface area (Å²) in [5.74, 6) is 0.552. The first-order chi connectivity index (χ1) is 18.1. The molecular formula is C29H28N4O3S. The Hall–Kier alpha value is -4.04. The first kappa shape index (κ1) is 24.6.